The van der Waals surface area contributed by atoms with Gasteiger partial charge in [-0.3, -0.25) is 4.79 Å². The Morgan fingerprint density at radius 3 is 2.46 bits per heavy atom. The molecule has 0 aliphatic heterocycles. The molecule has 0 amide bonds. The van der Waals surface area contributed by atoms with E-state index in [1.165, 1.54) is 6.08 Å². The number of nitrogens with zero attached hydrogens (tertiary/aromatic N) is 1. The van der Waals surface area contributed by atoms with E-state index in [4.69, 9.17) is 16.9 Å². The van der Waals surface area contributed by atoms with Gasteiger partial charge in [-0.1, -0.05) is 23.7 Å². The molecule has 0 atom stereocenters. The molecule has 0 spiro atoms. The highest BCUT2D eigenvalue weighted by Gasteiger charge is 1.96. The van der Waals surface area contributed by atoms with Crippen LogP contribution < -0.4 is 0 Å². The minimum atomic E-state index is 0.375. The Bertz CT molecular complexity index is 373. The van der Waals surface area contributed by atoms with Crippen molar-refractivity contribution in [1.29, 1.82) is 5.26 Å². The van der Waals surface area contributed by atoms with Crippen LogP contribution in [-0.4, -0.2) is 6.29 Å². The lowest BCUT2D eigenvalue weighted by molar-refractivity contribution is -0.104. The molecule has 1 aromatic rings. The van der Waals surface area contributed by atoms with Crippen LogP contribution in [0.25, 0.3) is 5.03 Å². The zero-order chi connectivity index (χ0) is 9.68. The number of benzene rings is 1. The molecule has 0 unspecified atom stereocenters. The molecule has 0 N–H and O–H groups in total. The van der Waals surface area contributed by atoms with Gasteiger partial charge in [0.25, 0.3) is 0 Å². The molecule has 1 rings (SSSR count). The largest absolute Gasteiger partial charge is 0.299 e. The molecule has 0 aromatic heterocycles. The Morgan fingerprint density at radius 2 is 2.00 bits per heavy atom. The van der Waals surface area contributed by atoms with E-state index in [0.717, 1.165) is 5.56 Å². The van der Waals surface area contributed by atoms with Crippen LogP contribution in [0.2, 0.25) is 0 Å². The summed E-state index contributed by atoms with van der Waals surface area (Å²) in [6.07, 6.45) is 1.89. The predicted molar refractivity (Wildman–Crippen MR) is 51.1 cm³/mol. The van der Waals surface area contributed by atoms with Crippen LogP contribution in [0.1, 0.15) is 11.1 Å². The molecule has 0 radical (unpaired) electrons. The summed E-state index contributed by atoms with van der Waals surface area (Å²) in [5.41, 5.74) is 1.30. The number of rotatable bonds is 2. The van der Waals surface area contributed by atoms with Gasteiger partial charge in [0.15, 0.2) is 0 Å². The molecule has 0 saturated carbocycles. The van der Waals surface area contributed by atoms with Crippen molar-refractivity contribution in [3.05, 3.63) is 41.5 Å². The predicted octanol–water partition coefficient (Wildman–Crippen LogP) is 2.34. The molecule has 0 heterocycles. The monoisotopic (exact) mass is 191 g/mol. The number of aldehydes is 1. The van der Waals surface area contributed by atoms with Gasteiger partial charge in [-0.15, -0.1) is 0 Å². The number of hydrogen-bond acceptors (Lipinski definition) is 2. The van der Waals surface area contributed by atoms with Gasteiger partial charge in [0, 0.05) is 0 Å². The SMILES string of the molecule is N#Cc1ccc(/C(Cl)=C\C=O)cc1. The van der Waals surface area contributed by atoms with Crippen LogP contribution in [0.3, 0.4) is 0 Å². The molecule has 3 heteroatoms. The van der Waals surface area contributed by atoms with Gasteiger partial charge in [0.2, 0.25) is 0 Å². The van der Waals surface area contributed by atoms with Gasteiger partial charge in [-0.2, -0.15) is 5.26 Å². The minimum absolute atomic E-state index is 0.375. The lowest BCUT2D eigenvalue weighted by atomic mass is 10.1. The lowest BCUT2D eigenvalue weighted by Gasteiger charge is -1.96. The van der Waals surface area contributed by atoms with E-state index < -0.39 is 0 Å². The van der Waals surface area contributed by atoms with Crippen molar-refractivity contribution < 1.29 is 4.79 Å². The average molecular weight is 192 g/mol. The Morgan fingerprint density at radius 1 is 1.38 bits per heavy atom. The molecule has 0 saturated heterocycles. The van der Waals surface area contributed by atoms with Crippen LogP contribution >= 0.6 is 11.6 Å². The molecule has 13 heavy (non-hydrogen) atoms. The van der Waals surface area contributed by atoms with Gasteiger partial charge < -0.3 is 0 Å². The number of halogens is 1. The van der Waals surface area contributed by atoms with Crippen LogP contribution in [-0.2, 0) is 4.79 Å². The summed E-state index contributed by atoms with van der Waals surface area (Å²) in [5, 5.41) is 8.89. The van der Waals surface area contributed by atoms with Crippen LogP contribution in [0.4, 0.5) is 0 Å². The summed E-state index contributed by atoms with van der Waals surface area (Å²) in [5.74, 6) is 0. The van der Waals surface area contributed by atoms with Gasteiger partial charge >= 0.3 is 0 Å². The highest BCUT2D eigenvalue weighted by atomic mass is 35.5. The first-order chi connectivity index (χ1) is 6.27. The third-order valence-electron chi connectivity index (χ3n) is 1.50. The highest BCUT2D eigenvalue weighted by Crippen LogP contribution is 2.18. The molecule has 0 bridgehead atoms. The Hall–Kier alpha value is -1.59. The highest BCUT2D eigenvalue weighted by molar-refractivity contribution is 6.49. The van der Waals surface area contributed by atoms with Gasteiger partial charge in [0.05, 0.1) is 16.7 Å². The molecule has 0 aliphatic rings. The fraction of sp³-hybridized carbons (Fsp3) is 0. The molecule has 2 nitrogen and oxygen atoms in total. The topological polar surface area (TPSA) is 40.9 Å². The fourth-order valence-corrected chi connectivity index (χ4v) is 1.04. The van der Waals surface area contributed by atoms with Gasteiger partial charge in [-0.25, -0.2) is 0 Å². The zero-order valence-corrected chi connectivity index (χ0v) is 7.45. The van der Waals surface area contributed by atoms with Crippen molar-refractivity contribution >= 4 is 22.9 Å². The molecule has 1 aromatic carbocycles. The lowest BCUT2D eigenvalue weighted by Crippen LogP contribution is -1.79. The summed E-state index contributed by atoms with van der Waals surface area (Å²) < 4.78 is 0. The van der Waals surface area contributed by atoms with E-state index >= 15 is 0 Å². The summed E-state index contributed by atoms with van der Waals surface area (Å²) >= 11 is 5.75. The second-order valence-corrected chi connectivity index (χ2v) is 2.75. The third-order valence-corrected chi connectivity index (χ3v) is 1.85. The maximum Gasteiger partial charge on any atom is 0.144 e. The van der Waals surface area contributed by atoms with Crippen molar-refractivity contribution in [2.24, 2.45) is 0 Å². The summed E-state index contributed by atoms with van der Waals surface area (Å²) in [7, 11) is 0. The van der Waals surface area contributed by atoms with E-state index in [1.807, 2.05) is 6.07 Å². The average Bonchev–Trinajstić information content (AvgIpc) is 2.18. The third kappa shape index (κ3) is 2.43. The summed E-state index contributed by atoms with van der Waals surface area (Å²) in [6.45, 7) is 0. The van der Waals surface area contributed by atoms with E-state index in [1.54, 1.807) is 24.3 Å². The van der Waals surface area contributed by atoms with Crippen molar-refractivity contribution in [3.8, 4) is 6.07 Å². The fourth-order valence-electron chi connectivity index (χ4n) is 0.860. The first-order valence-electron chi connectivity index (χ1n) is 3.59. The number of allylic oxidation sites excluding steroid dienone is 1. The summed E-state index contributed by atoms with van der Waals surface area (Å²) in [4.78, 5) is 10.1. The second-order valence-electron chi connectivity index (χ2n) is 2.34. The molecule has 0 aliphatic carbocycles. The maximum atomic E-state index is 10.1. The van der Waals surface area contributed by atoms with Crippen molar-refractivity contribution in [1.82, 2.24) is 0 Å². The maximum absolute atomic E-state index is 10.1. The normalized spacial score (nSPS) is 10.6. The number of carbonyl (C=O) groups excluding carboxylic acids is 1. The Kier molecular flexibility index (Phi) is 3.24. The van der Waals surface area contributed by atoms with Crippen LogP contribution in [0.15, 0.2) is 30.3 Å². The zero-order valence-electron chi connectivity index (χ0n) is 6.70. The van der Waals surface area contributed by atoms with E-state index in [2.05, 4.69) is 0 Å². The molecular formula is C10H6ClNO. The Balaban J connectivity index is 3.00. The smallest absolute Gasteiger partial charge is 0.144 e. The standard InChI is InChI=1S/C10H6ClNO/c11-10(5-6-13)9-3-1-8(7-12)2-4-9/h1-6H/b10-5+. The van der Waals surface area contributed by atoms with Crippen molar-refractivity contribution in [3.63, 3.8) is 0 Å². The van der Waals surface area contributed by atoms with E-state index in [-0.39, 0.29) is 0 Å². The Labute approximate surface area is 81.1 Å². The summed E-state index contributed by atoms with van der Waals surface area (Å²) in [6, 6.07) is 8.68. The van der Waals surface area contributed by atoms with Crippen LogP contribution in [0, 0.1) is 11.3 Å². The second kappa shape index (κ2) is 4.44. The van der Waals surface area contributed by atoms with Gasteiger partial charge in [0.1, 0.15) is 6.29 Å². The number of nitriles is 1. The van der Waals surface area contributed by atoms with E-state index in [9.17, 15) is 4.79 Å². The molecular weight excluding hydrogens is 186 g/mol. The number of hydrogen-bond donors (Lipinski definition) is 0. The van der Waals surface area contributed by atoms with E-state index in [0.29, 0.717) is 16.9 Å². The molecule has 0 fully saturated rings. The number of carbonyl (C=O) groups is 1. The quantitative estimate of drug-likeness (QED) is 0.532. The minimum Gasteiger partial charge on any atom is -0.299 e. The van der Waals surface area contributed by atoms with Crippen LogP contribution in [0.5, 0.6) is 0 Å². The van der Waals surface area contributed by atoms with Gasteiger partial charge in [-0.05, 0) is 23.8 Å². The first-order valence-corrected chi connectivity index (χ1v) is 3.97. The first kappa shape index (κ1) is 9.50. The van der Waals surface area contributed by atoms with Crippen molar-refractivity contribution in [2.45, 2.75) is 0 Å². The van der Waals surface area contributed by atoms with Crippen molar-refractivity contribution in [2.75, 3.05) is 0 Å². The molecule has 64 valence electrons.